The Hall–Kier alpha value is -3.15. The minimum absolute atomic E-state index is 0.0202. The first-order valence-electron chi connectivity index (χ1n) is 9.06. The number of fused-ring (bicyclic) bond motifs is 1. The topological polar surface area (TPSA) is 75.5 Å². The number of carbonyl (C=O) groups is 2. The number of nitrogens with zero attached hydrogens (tertiary/aromatic N) is 2. The van der Waals surface area contributed by atoms with E-state index in [1.54, 1.807) is 22.7 Å². The first-order valence-corrected chi connectivity index (χ1v) is 9.06. The summed E-state index contributed by atoms with van der Waals surface area (Å²) in [5.74, 6) is -0.202. The Morgan fingerprint density at radius 2 is 1.67 bits per heavy atom. The zero-order valence-corrected chi connectivity index (χ0v) is 16.0. The van der Waals surface area contributed by atoms with Crippen LogP contribution >= 0.6 is 0 Å². The molecular weight excluding hydrogens is 340 g/mol. The van der Waals surface area contributed by atoms with Gasteiger partial charge in [-0.25, -0.2) is 4.98 Å². The molecule has 6 nitrogen and oxygen atoms in total. The maximum absolute atomic E-state index is 12.9. The van der Waals surface area contributed by atoms with E-state index < -0.39 is 0 Å². The van der Waals surface area contributed by atoms with Crippen molar-refractivity contribution in [3.8, 4) is 0 Å². The lowest BCUT2D eigenvalue weighted by Gasteiger charge is -2.13. The lowest BCUT2D eigenvalue weighted by molar-refractivity contribution is 0.0940. The molecule has 0 unspecified atom stereocenters. The van der Waals surface area contributed by atoms with E-state index in [0.29, 0.717) is 5.52 Å². The molecule has 2 heterocycles. The van der Waals surface area contributed by atoms with E-state index in [2.05, 4.69) is 29.5 Å². The van der Waals surface area contributed by atoms with Gasteiger partial charge in [-0.15, -0.1) is 0 Å². The SMILES string of the molecule is CC(C)NC(=O)c1nc(C(=O)Nc2ccccc2C(C)C)n2ccccc12. The summed E-state index contributed by atoms with van der Waals surface area (Å²) >= 11 is 0. The van der Waals surface area contributed by atoms with Crippen molar-refractivity contribution in [3.05, 3.63) is 65.7 Å². The van der Waals surface area contributed by atoms with Crippen LogP contribution in [0.1, 0.15) is 60.3 Å². The third-order valence-electron chi connectivity index (χ3n) is 4.22. The van der Waals surface area contributed by atoms with E-state index in [9.17, 15) is 9.59 Å². The highest BCUT2D eigenvalue weighted by Crippen LogP contribution is 2.24. The molecule has 0 spiro atoms. The Morgan fingerprint density at radius 3 is 2.37 bits per heavy atom. The number of pyridine rings is 1. The van der Waals surface area contributed by atoms with Crippen molar-refractivity contribution in [2.45, 2.75) is 39.7 Å². The molecule has 0 aliphatic rings. The number of carbonyl (C=O) groups excluding carboxylic acids is 2. The number of amides is 2. The molecule has 0 bridgehead atoms. The molecule has 27 heavy (non-hydrogen) atoms. The molecule has 0 fully saturated rings. The van der Waals surface area contributed by atoms with Crippen LogP contribution in [0.2, 0.25) is 0 Å². The van der Waals surface area contributed by atoms with Gasteiger partial charge in [0.05, 0.1) is 5.52 Å². The highest BCUT2D eigenvalue weighted by molar-refractivity contribution is 6.06. The Bertz CT molecular complexity index is 989. The fourth-order valence-electron chi connectivity index (χ4n) is 2.99. The van der Waals surface area contributed by atoms with Gasteiger partial charge in [0.2, 0.25) is 5.82 Å². The van der Waals surface area contributed by atoms with Crippen LogP contribution in [0.5, 0.6) is 0 Å². The van der Waals surface area contributed by atoms with Crippen molar-refractivity contribution in [2.24, 2.45) is 0 Å². The number of para-hydroxylation sites is 1. The number of anilines is 1. The molecule has 0 aliphatic carbocycles. The molecule has 2 N–H and O–H groups in total. The highest BCUT2D eigenvalue weighted by Gasteiger charge is 2.22. The van der Waals surface area contributed by atoms with Gasteiger partial charge in [-0.2, -0.15) is 0 Å². The maximum atomic E-state index is 12.9. The summed E-state index contributed by atoms with van der Waals surface area (Å²) in [5, 5.41) is 5.77. The van der Waals surface area contributed by atoms with Crippen molar-refractivity contribution in [2.75, 3.05) is 5.32 Å². The van der Waals surface area contributed by atoms with Crippen LogP contribution in [0, 0.1) is 0 Å². The van der Waals surface area contributed by atoms with Crippen molar-refractivity contribution < 1.29 is 9.59 Å². The predicted octanol–water partition coefficient (Wildman–Crippen LogP) is 3.85. The fourth-order valence-corrected chi connectivity index (χ4v) is 2.99. The molecule has 0 saturated carbocycles. The molecular formula is C21H24N4O2. The molecule has 2 aromatic heterocycles. The smallest absolute Gasteiger partial charge is 0.292 e. The zero-order valence-electron chi connectivity index (χ0n) is 16.0. The van der Waals surface area contributed by atoms with Gasteiger partial charge in [-0.3, -0.25) is 14.0 Å². The normalized spacial score (nSPS) is 11.2. The molecule has 0 radical (unpaired) electrons. The molecule has 2 amide bonds. The monoisotopic (exact) mass is 364 g/mol. The minimum Gasteiger partial charge on any atom is -0.348 e. The second kappa shape index (κ2) is 7.61. The summed E-state index contributed by atoms with van der Waals surface area (Å²) in [6, 6.07) is 13.1. The van der Waals surface area contributed by atoms with Crippen molar-refractivity contribution in [1.82, 2.24) is 14.7 Å². The summed E-state index contributed by atoms with van der Waals surface area (Å²) in [6.07, 6.45) is 1.73. The molecule has 1 aromatic carbocycles. The zero-order chi connectivity index (χ0) is 19.6. The minimum atomic E-state index is -0.354. The van der Waals surface area contributed by atoms with E-state index >= 15 is 0 Å². The highest BCUT2D eigenvalue weighted by atomic mass is 16.2. The van der Waals surface area contributed by atoms with Crippen LogP contribution in [-0.2, 0) is 0 Å². The second-order valence-electron chi connectivity index (χ2n) is 7.06. The van der Waals surface area contributed by atoms with Crippen molar-refractivity contribution in [1.29, 1.82) is 0 Å². The molecule has 6 heteroatoms. The largest absolute Gasteiger partial charge is 0.348 e. The van der Waals surface area contributed by atoms with Gasteiger partial charge in [0.15, 0.2) is 5.69 Å². The van der Waals surface area contributed by atoms with Gasteiger partial charge >= 0.3 is 0 Å². The van der Waals surface area contributed by atoms with E-state index in [4.69, 9.17) is 0 Å². The third kappa shape index (κ3) is 3.84. The fraction of sp³-hybridized carbons (Fsp3) is 0.286. The summed E-state index contributed by atoms with van der Waals surface area (Å²) in [6.45, 7) is 7.91. The molecule has 0 aliphatic heterocycles. The number of aromatic nitrogens is 2. The number of benzene rings is 1. The van der Waals surface area contributed by atoms with Crippen LogP contribution < -0.4 is 10.6 Å². The second-order valence-corrected chi connectivity index (χ2v) is 7.06. The Morgan fingerprint density at radius 1 is 0.963 bits per heavy atom. The Kier molecular flexibility index (Phi) is 5.26. The van der Waals surface area contributed by atoms with E-state index in [1.165, 1.54) is 0 Å². The number of rotatable bonds is 5. The maximum Gasteiger partial charge on any atom is 0.292 e. The third-order valence-corrected chi connectivity index (χ3v) is 4.22. The predicted molar refractivity (Wildman–Crippen MR) is 106 cm³/mol. The van der Waals surface area contributed by atoms with E-state index in [0.717, 1.165) is 11.3 Å². The van der Waals surface area contributed by atoms with Gasteiger partial charge in [-0.1, -0.05) is 38.1 Å². The standard InChI is InChI=1S/C21H24N4O2/c1-13(2)15-9-5-6-10-16(15)23-21(27)19-24-18(20(26)22-14(3)4)17-11-7-8-12-25(17)19/h5-14H,1-4H3,(H,22,26)(H,23,27). The molecule has 140 valence electrons. The number of imidazole rings is 1. The van der Waals surface area contributed by atoms with Gasteiger partial charge in [0.25, 0.3) is 11.8 Å². The summed E-state index contributed by atoms with van der Waals surface area (Å²) in [4.78, 5) is 29.8. The van der Waals surface area contributed by atoms with Crippen molar-refractivity contribution >= 4 is 23.0 Å². The van der Waals surface area contributed by atoms with Crippen LogP contribution in [0.25, 0.3) is 5.52 Å². The summed E-state index contributed by atoms with van der Waals surface area (Å²) in [7, 11) is 0. The quantitative estimate of drug-likeness (QED) is 0.722. The Balaban J connectivity index is 2.00. The van der Waals surface area contributed by atoms with Gasteiger partial charge < -0.3 is 10.6 Å². The molecule has 3 aromatic rings. The van der Waals surface area contributed by atoms with Crippen LogP contribution in [0.4, 0.5) is 5.69 Å². The average molecular weight is 364 g/mol. The Labute approximate surface area is 158 Å². The first-order chi connectivity index (χ1) is 12.9. The van der Waals surface area contributed by atoms with Crippen LogP contribution in [0.3, 0.4) is 0 Å². The molecule has 0 saturated heterocycles. The molecule has 0 atom stereocenters. The number of hydrogen-bond donors (Lipinski definition) is 2. The lowest BCUT2D eigenvalue weighted by atomic mass is 10.0. The lowest BCUT2D eigenvalue weighted by Crippen LogP contribution is -2.30. The average Bonchev–Trinajstić information content (AvgIpc) is 3.01. The van der Waals surface area contributed by atoms with Crippen molar-refractivity contribution in [3.63, 3.8) is 0 Å². The van der Waals surface area contributed by atoms with Gasteiger partial charge in [0.1, 0.15) is 0 Å². The van der Waals surface area contributed by atoms with Gasteiger partial charge in [0, 0.05) is 17.9 Å². The number of hydrogen-bond acceptors (Lipinski definition) is 3. The summed E-state index contributed by atoms with van der Waals surface area (Å²) < 4.78 is 1.64. The molecule has 3 rings (SSSR count). The van der Waals surface area contributed by atoms with Crippen LogP contribution in [0.15, 0.2) is 48.7 Å². The van der Waals surface area contributed by atoms with Gasteiger partial charge in [-0.05, 0) is 43.5 Å². The number of nitrogens with one attached hydrogen (secondary N) is 2. The van der Waals surface area contributed by atoms with Crippen LogP contribution in [-0.4, -0.2) is 27.2 Å². The van der Waals surface area contributed by atoms with E-state index in [1.807, 2.05) is 44.2 Å². The summed E-state index contributed by atoms with van der Waals surface area (Å²) in [5.41, 5.74) is 2.63. The first kappa shape index (κ1) is 18.6. The van der Waals surface area contributed by atoms with E-state index in [-0.39, 0.29) is 35.3 Å².